The summed E-state index contributed by atoms with van der Waals surface area (Å²) in [6, 6.07) is 0. The zero-order chi connectivity index (χ0) is 9.26. The Morgan fingerprint density at radius 2 is 2.15 bits per heavy atom. The summed E-state index contributed by atoms with van der Waals surface area (Å²) in [5.74, 6) is 0. The molecule has 5 heteroatoms. The molecule has 0 saturated carbocycles. The zero-order valence-electron chi connectivity index (χ0n) is 7.13. The van der Waals surface area contributed by atoms with Gasteiger partial charge in [-0.2, -0.15) is 0 Å². The van der Waals surface area contributed by atoms with Gasteiger partial charge in [0.1, 0.15) is 0 Å². The van der Waals surface area contributed by atoms with Gasteiger partial charge in [-0.25, -0.2) is 0 Å². The van der Waals surface area contributed by atoms with Crippen LogP contribution in [0.1, 0.15) is 4.88 Å². The molecule has 0 unspecified atom stereocenters. The summed E-state index contributed by atoms with van der Waals surface area (Å²) in [6.07, 6.45) is 0.641. The van der Waals surface area contributed by atoms with Crippen molar-refractivity contribution in [2.75, 3.05) is 13.1 Å². The first-order valence-electron chi connectivity index (χ1n) is 4.21. The highest BCUT2D eigenvalue weighted by molar-refractivity contribution is 7.09. The number of hydrogen-bond donors (Lipinski definition) is 2. The third-order valence-electron chi connectivity index (χ3n) is 2.20. The molecule has 1 fully saturated rings. The van der Waals surface area contributed by atoms with Crippen LogP contribution in [0.25, 0.3) is 0 Å². The Labute approximate surface area is 80.5 Å². The quantitative estimate of drug-likeness (QED) is 0.687. The molecule has 0 amide bonds. The third-order valence-corrected chi connectivity index (χ3v) is 2.96. The highest BCUT2D eigenvalue weighted by Gasteiger charge is 2.29. The van der Waals surface area contributed by atoms with Crippen molar-refractivity contribution in [3.05, 3.63) is 16.6 Å². The molecule has 2 heterocycles. The van der Waals surface area contributed by atoms with Crippen molar-refractivity contribution in [2.24, 2.45) is 0 Å². The summed E-state index contributed by atoms with van der Waals surface area (Å²) < 4.78 is 0. The van der Waals surface area contributed by atoms with E-state index in [1.807, 2.05) is 11.1 Å². The molecular weight excluding hydrogens is 188 g/mol. The van der Waals surface area contributed by atoms with Gasteiger partial charge in [0, 0.05) is 30.7 Å². The lowest BCUT2D eigenvalue weighted by molar-refractivity contribution is 0.0572. The van der Waals surface area contributed by atoms with Crippen LogP contribution in [0.4, 0.5) is 0 Å². The van der Waals surface area contributed by atoms with E-state index in [0.29, 0.717) is 13.1 Å². The van der Waals surface area contributed by atoms with Gasteiger partial charge in [-0.05, 0) is 0 Å². The molecule has 1 aromatic rings. The number of hydrogen-bond acceptors (Lipinski definition) is 5. The molecule has 1 saturated heterocycles. The Balaban J connectivity index is 1.91. The molecule has 72 valence electrons. The zero-order valence-corrected chi connectivity index (χ0v) is 7.94. The first kappa shape index (κ1) is 9.08. The van der Waals surface area contributed by atoms with Crippen molar-refractivity contribution in [3.63, 3.8) is 0 Å². The lowest BCUT2D eigenvalue weighted by atomic mass is 10.3. The summed E-state index contributed by atoms with van der Waals surface area (Å²) in [5.41, 5.74) is 1.79. The van der Waals surface area contributed by atoms with Gasteiger partial charge < -0.3 is 10.2 Å². The molecule has 0 aromatic carbocycles. The van der Waals surface area contributed by atoms with E-state index in [4.69, 9.17) is 0 Å². The van der Waals surface area contributed by atoms with Gasteiger partial charge in [-0.15, -0.1) is 11.3 Å². The number of thiazole rings is 1. The van der Waals surface area contributed by atoms with Crippen LogP contribution in [-0.2, 0) is 6.54 Å². The van der Waals surface area contributed by atoms with Gasteiger partial charge in [0.05, 0.1) is 17.7 Å². The molecule has 4 nitrogen and oxygen atoms in total. The number of aromatic nitrogens is 1. The maximum absolute atomic E-state index is 9.29. The fourth-order valence-electron chi connectivity index (χ4n) is 1.52. The van der Waals surface area contributed by atoms with Crippen LogP contribution in [0.2, 0.25) is 0 Å². The minimum Gasteiger partial charge on any atom is -0.389 e. The minimum absolute atomic E-state index is 0.555. The van der Waals surface area contributed by atoms with Crippen LogP contribution in [-0.4, -0.2) is 45.4 Å². The predicted octanol–water partition coefficient (Wildman–Crippen LogP) is -0.320. The third kappa shape index (κ3) is 2.05. The molecule has 1 aliphatic rings. The lowest BCUT2D eigenvalue weighted by Gasteiger charge is -2.12. The van der Waals surface area contributed by atoms with Crippen molar-refractivity contribution < 1.29 is 10.2 Å². The SMILES string of the molecule is O[C@@H]1CN(Cc2cncs2)C[C@@H]1O. The van der Waals surface area contributed by atoms with Crippen LogP contribution in [0.3, 0.4) is 0 Å². The van der Waals surface area contributed by atoms with Gasteiger partial charge in [-0.1, -0.05) is 0 Å². The molecule has 2 rings (SSSR count). The van der Waals surface area contributed by atoms with E-state index in [9.17, 15) is 10.2 Å². The first-order chi connectivity index (χ1) is 6.25. The molecule has 2 atom stereocenters. The van der Waals surface area contributed by atoms with E-state index in [0.717, 1.165) is 6.54 Å². The van der Waals surface area contributed by atoms with E-state index in [2.05, 4.69) is 4.98 Å². The minimum atomic E-state index is -0.590. The molecule has 2 N–H and O–H groups in total. The van der Waals surface area contributed by atoms with Gasteiger partial charge >= 0.3 is 0 Å². The molecule has 0 bridgehead atoms. The molecule has 13 heavy (non-hydrogen) atoms. The fourth-order valence-corrected chi connectivity index (χ4v) is 2.15. The van der Waals surface area contributed by atoms with Gasteiger partial charge in [-0.3, -0.25) is 9.88 Å². The maximum atomic E-state index is 9.29. The normalized spacial score (nSPS) is 29.7. The highest BCUT2D eigenvalue weighted by atomic mass is 32.1. The number of nitrogens with zero attached hydrogens (tertiary/aromatic N) is 2. The Morgan fingerprint density at radius 1 is 1.46 bits per heavy atom. The number of aliphatic hydroxyl groups is 2. The van der Waals surface area contributed by atoms with Gasteiger partial charge in [0.25, 0.3) is 0 Å². The second kappa shape index (κ2) is 3.71. The number of rotatable bonds is 2. The van der Waals surface area contributed by atoms with Crippen LogP contribution >= 0.6 is 11.3 Å². The van der Waals surface area contributed by atoms with Crippen molar-refractivity contribution in [1.29, 1.82) is 0 Å². The van der Waals surface area contributed by atoms with Crippen molar-refractivity contribution >= 4 is 11.3 Å². The summed E-state index contributed by atoms with van der Waals surface area (Å²) in [6.45, 7) is 1.89. The van der Waals surface area contributed by atoms with Gasteiger partial charge in [0.15, 0.2) is 0 Å². The largest absolute Gasteiger partial charge is 0.389 e. The van der Waals surface area contributed by atoms with E-state index >= 15 is 0 Å². The van der Waals surface area contributed by atoms with Crippen LogP contribution in [0, 0.1) is 0 Å². The Hall–Kier alpha value is -0.490. The number of likely N-dealkylation sites (tertiary alicyclic amines) is 1. The highest BCUT2D eigenvalue weighted by Crippen LogP contribution is 2.15. The maximum Gasteiger partial charge on any atom is 0.0938 e. The van der Waals surface area contributed by atoms with E-state index in [1.54, 1.807) is 16.8 Å². The van der Waals surface area contributed by atoms with Crippen LogP contribution in [0.5, 0.6) is 0 Å². The Morgan fingerprint density at radius 3 is 2.69 bits per heavy atom. The van der Waals surface area contributed by atoms with Crippen molar-refractivity contribution in [3.8, 4) is 0 Å². The van der Waals surface area contributed by atoms with Crippen LogP contribution in [0.15, 0.2) is 11.7 Å². The number of β-amino-alcohol motifs (C(OH)–C–C–N with tert-alkyl or cyclic N) is 2. The summed E-state index contributed by atoms with van der Waals surface area (Å²) in [4.78, 5) is 7.17. The van der Waals surface area contributed by atoms with Crippen molar-refractivity contribution in [2.45, 2.75) is 18.8 Å². The summed E-state index contributed by atoms with van der Waals surface area (Å²) in [7, 11) is 0. The Bertz CT molecular complexity index is 255. The van der Waals surface area contributed by atoms with Crippen LogP contribution < -0.4 is 0 Å². The Kier molecular flexibility index (Phi) is 2.59. The average Bonchev–Trinajstić information content (AvgIpc) is 2.64. The van der Waals surface area contributed by atoms with Gasteiger partial charge in [0.2, 0.25) is 0 Å². The monoisotopic (exact) mass is 200 g/mol. The van der Waals surface area contributed by atoms with E-state index < -0.39 is 12.2 Å². The predicted molar refractivity (Wildman–Crippen MR) is 49.4 cm³/mol. The molecule has 0 aliphatic carbocycles. The second-order valence-corrected chi connectivity index (χ2v) is 4.27. The average molecular weight is 200 g/mol. The number of aliphatic hydroxyl groups excluding tert-OH is 2. The standard InChI is InChI=1S/C8H12N2O2S/c11-7-3-10(4-8(7)12)2-6-1-9-5-13-6/h1,5,7-8,11-12H,2-4H2/t7-,8+. The van der Waals surface area contributed by atoms with E-state index in [1.165, 1.54) is 4.88 Å². The summed E-state index contributed by atoms with van der Waals surface area (Å²) in [5, 5.41) is 18.6. The molecular formula is C8H12N2O2S. The molecule has 0 spiro atoms. The first-order valence-corrected chi connectivity index (χ1v) is 5.09. The smallest absolute Gasteiger partial charge is 0.0938 e. The summed E-state index contributed by atoms with van der Waals surface area (Å²) >= 11 is 1.60. The molecule has 0 radical (unpaired) electrons. The van der Waals surface area contributed by atoms with Crippen molar-refractivity contribution in [1.82, 2.24) is 9.88 Å². The topological polar surface area (TPSA) is 56.6 Å². The lowest BCUT2D eigenvalue weighted by Crippen LogP contribution is -2.22. The second-order valence-electron chi connectivity index (χ2n) is 3.30. The molecule has 1 aliphatic heterocycles. The molecule has 1 aromatic heterocycles. The van der Waals surface area contributed by atoms with E-state index in [-0.39, 0.29) is 0 Å². The fraction of sp³-hybridized carbons (Fsp3) is 0.625.